The molecule has 4 heterocycles. The van der Waals surface area contributed by atoms with E-state index in [-0.39, 0.29) is 0 Å². The van der Waals surface area contributed by atoms with Crippen LogP contribution in [0.15, 0.2) is 140 Å². The lowest BCUT2D eigenvalue weighted by molar-refractivity contribution is 1.02. The molecule has 0 aliphatic heterocycles. The van der Waals surface area contributed by atoms with Gasteiger partial charge in [-0.15, -0.1) is 22.7 Å². The summed E-state index contributed by atoms with van der Waals surface area (Å²) in [5, 5.41) is 11.3. The summed E-state index contributed by atoms with van der Waals surface area (Å²) in [7, 11) is 0. The van der Waals surface area contributed by atoms with Gasteiger partial charge >= 0.3 is 0 Å². The Morgan fingerprint density at radius 2 is 1.15 bits per heavy atom. The van der Waals surface area contributed by atoms with Crippen molar-refractivity contribution in [3.8, 4) is 17.2 Å². The summed E-state index contributed by atoms with van der Waals surface area (Å²) in [6.45, 7) is 0. The fourth-order valence-electron chi connectivity index (χ4n) is 7.59. The number of benzene rings is 7. The van der Waals surface area contributed by atoms with Gasteiger partial charge in [0.2, 0.25) is 5.95 Å². The zero-order valence-electron chi connectivity index (χ0n) is 24.9. The molecule has 7 aromatic carbocycles. The lowest BCUT2D eigenvalue weighted by Gasteiger charge is -2.12. The van der Waals surface area contributed by atoms with Crippen LogP contribution in [0.5, 0.6) is 0 Å². The lowest BCUT2D eigenvalue weighted by atomic mass is 9.98. The van der Waals surface area contributed by atoms with E-state index in [0.717, 1.165) is 33.2 Å². The van der Waals surface area contributed by atoms with Crippen LogP contribution in [0.3, 0.4) is 0 Å². The molecule has 218 valence electrons. The van der Waals surface area contributed by atoms with Crippen molar-refractivity contribution in [1.82, 2.24) is 14.5 Å². The third kappa shape index (κ3) is 3.50. The predicted octanol–water partition coefficient (Wildman–Crippen LogP) is 12.3. The molecule has 0 spiro atoms. The molecule has 11 rings (SSSR count). The van der Waals surface area contributed by atoms with Crippen molar-refractivity contribution < 1.29 is 0 Å². The number of thiophene rings is 2. The lowest BCUT2D eigenvalue weighted by Crippen LogP contribution is -2.03. The molecule has 0 fully saturated rings. The van der Waals surface area contributed by atoms with Gasteiger partial charge in [-0.1, -0.05) is 109 Å². The van der Waals surface area contributed by atoms with Gasteiger partial charge in [0.05, 0.1) is 26.9 Å². The second-order valence-corrected chi connectivity index (χ2v) is 14.3. The minimum atomic E-state index is 0.689. The zero-order valence-corrected chi connectivity index (χ0v) is 26.6. The monoisotopic (exact) mass is 633 g/mol. The summed E-state index contributed by atoms with van der Waals surface area (Å²) in [5.74, 6) is 0.689. The summed E-state index contributed by atoms with van der Waals surface area (Å²) < 4.78 is 7.51. The van der Waals surface area contributed by atoms with Crippen LogP contribution in [0, 0.1) is 0 Å². The molecule has 0 saturated carbocycles. The van der Waals surface area contributed by atoms with Crippen LogP contribution < -0.4 is 0 Å². The Labute approximate surface area is 276 Å². The first-order valence-electron chi connectivity index (χ1n) is 15.8. The molecule has 0 radical (unpaired) electrons. The maximum absolute atomic E-state index is 5.42. The van der Waals surface area contributed by atoms with Crippen LogP contribution in [-0.4, -0.2) is 14.5 Å². The van der Waals surface area contributed by atoms with Gasteiger partial charge in [0.1, 0.15) is 0 Å². The maximum atomic E-state index is 5.42. The van der Waals surface area contributed by atoms with E-state index < -0.39 is 0 Å². The number of hydrogen-bond acceptors (Lipinski definition) is 4. The highest BCUT2D eigenvalue weighted by atomic mass is 32.1. The van der Waals surface area contributed by atoms with Crippen LogP contribution in [-0.2, 0) is 0 Å². The van der Waals surface area contributed by atoms with Crippen molar-refractivity contribution in [2.45, 2.75) is 0 Å². The first kappa shape index (κ1) is 25.6. The molecule has 0 aliphatic rings. The highest BCUT2D eigenvalue weighted by Gasteiger charge is 2.23. The minimum absolute atomic E-state index is 0.689. The summed E-state index contributed by atoms with van der Waals surface area (Å²) in [6, 6.07) is 50.2. The Hall–Kier alpha value is -5.62. The van der Waals surface area contributed by atoms with E-state index in [1.165, 1.54) is 61.9 Å². The Bertz CT molecular complexity index is 3070. The van der Waals surface area contributed by atoms with E-state index in [2.05, 4.69) is 144 Å². The van der Waals surface area contributed by atoms with E-state index in [1.54, 1.807) is 0 Å². The Balaban J connectivity index is 1.39. The summed E-state index contributed by atoms with van der Waals surface area (Å²) >= 11 is 3.73. The molecule has 11 aromatic rings. The van der Waals surface area contributed by atoms with Crippen molar-refractivity contribution in [3.63, 3.8) is 0 Å². The fourth-order valence-corrected chi connectivity index (χ4v) is 9.94. The topological polar surface area (TPSA) is 30.7 Å². The molecular weight excluding hydrogens is 611 g/mol. The Morgan fingerprint density at radius 1 is 0.447 bits per heavy atom. The number of rotatable bonds is 2. The predicted molar refractivity (Wildman–Crippen MR) is 203 cm³/mol. The van der Waals surface area contributed by atoms with Crippen LogP contribution >= 0.6 is 22.7 Å². The standard InChI is InChI=1S/C42H23N3S2/c1-2-10-25(11-3-1)39-28-13-4-7-15-31(28)43-42(44-39)45-32-22-18-24-19-23-35-38(29-14-6-9-17-34(29)46-35)36(24)37(32)30-21-20-27-26-12-5-8-16-33(26)47-41(27)40(30)45/h1-23H. The summed E-state index contributed by atoms with van der Waals surface area (Å²) in [6.07, 6.45) is 0. The number of aromatic nitrogens is 3. The molecular formula is C42H23N3S2. The molecule has 0 aliphatic carbocycles. The molecule has 0 bridgehead atoms. The highest BCUT2D eigenvalue weighted by molar-refractivity contribution is 7.27. The second-order valence-electron chi connectivity index (χ2n) is 12.1. The largest absolute Gasteiger partial charge is 0.276 e. The van der Waals surface area contributed by atoms with Gasteiger partial charge in [0.15, 0.2) is 0 Å². The van der Waals surface area contributed by atoms with Gasteiger partial charge in [-0.25, -0.2) is 9.97 Å². The van der Waals surface area contributed by atoms with Crippen LogP contribution in [0.25, 0.3) is 101 Å². The second kappa shape index (κ2) is 9.46. The average Bonchev–Trinajstić information content (AvgIpc) is 3.81. The number of hydrogen-bond donors (Lipinski definition) is 0. The molecule has 0 atom stereocenters. The molecule has 47 heavy (non-hydrogen) atoms. The smallest absolute Gasteiger partial charge is 0.235 e. The summed E-state index contributed by atoms with van der Waals surface area (Å²) in [5.41, 5.74) is 5.24. The fraction of sp³-hybridized carbons (Fsp3) is 0. The normalized spacial score (nSPS) is 12.3. The van der Waals surface area contributed by atoms with Gasteiger partial charge in [-0.3, -0.25) is 4.57 Å². The molecule has 0 unspecified atom stereocenters. The van der Waals surface area contributed by atoms with Crippen molar-refractivity contribution >= 4 is 106 Å². The van der Waals surface area contributed by atoms with E-state index in [1.807, 2.05) is 22.7 Å². The Kier molecular flexibility index (Phi) is 5.14. The van der Waals surface area contributed by atoms with Crippen LogP contribution in [0.2, 0.25) is 0 Å². The van der Waals surface area contributed by atoms with E-state index >= 15 is 0 Å². The molecule has 0 N–H and O–H groups in total. The van der Waals surface area contributed by atoms with Gasteiger partial charge < -0.3 is 0 Å². The molecule has 0 saturated heterocycles. The van der Waals surface area contributed by atoms with Crippen molar-refractivity contribution in [2.75, 3.05) is 0 Å². The molecule has 5 heteroatoms. The average molecular weight is 634 g/mol. The van der Waals surface area contributed by atoms with E-state index in [0.29, 0.717) is 5.95 Å². The number of fused-ring (bicyclic) bond motifs is 14. The van der Waals surface area contributed by atoms with Gasteiger partial charge in [0, 0.05) is 62.8 Å². The SMILES string of the molecule is c1ccc(-c2nc(-n3c4ccc5ccc6sc7ccccc7c6c5c4c4ccc5c6ccccc6sc5c43)nc3ccccc23)cc1. The first-order chi connectivity index (χ1) is 23.3. The van der Waals surface area contributed by atoms with Gasteiger partial charge in [0.25, 0.3) is 0 Å². The maximum Gasteiger partial charge on any atom is 0.235 e. The van der Waals surface area contributed by atoms with Crippen LogP contribution in [0.1, 0.15) is 0 Å². The van der Waals surface area contributed by atoms with Crippen molar-refractivity contribution in [3.05, 3.63) is 140 Å². The van der Waals surface area contributed by atoms with Crippen molar-refractivity contribution in [1.29, 1.82) is 0 Å². The summed E-state index contributed by atoms with van der Waals surface area (Å²) in [4.78, 5) is 10.7. The first-order valence-corrected chi connectivity index (χ1v) is 17.4. The number of para-hydroxylation sites is 1. The quantitative estimate of drug-likeness (QED) is 0.190. The van der Waals surface area contributed by atoms with Gasteiger partial charge in [-0.05, 0) is 35.7 Å². The van der Waals surface area contributed by atoms with Gasteiger partial charge in [-0.2, -0.15) is 0 Å². The van der Waals surface area contributed by atoms with Crippen molar-refractivity contribution in [2.24, 2.45) is 0 Å². The van der Waals surface area contributed by atoms with E-state index in [4.69, 9.17) is 9.97 Å². The van der Waals surface area contributed by atoms with Crippen LogP contribution in [0.4, 0.5) is 0 Å². The Morgan fingerprint density at radius 3 is 2.02 bits per heavy atom. The number of nitrogens with zero attached hydrogens (tertiary/aromatic N) is 3. The van der Waals surface area contributed by atoms with E-state index in [9.17, 15) is 0 Å². The molecule has 0 amide bonds. The minimum Gasteiger partial charge on any atom is -0.276 e. The highest BCUT2D eigenvalue weighted by Crippen LogP contribution is 2.47. The zero-order chi connectivity index (χ0) is 30.6. The molecule has 4 aromatic heterocycles. The third-order valence-corrected chi connectivity index (χ3v) is 11.9. The molecule has 3 nitrogen and oxygen atoms in total. The third-order valence-electron chi connectivity index (χ3n) is 9.60.